The average Bonchev–Trinajstić information content (AvgIpc) is 3.04. The van der Waals surface area contributed by atoms with Crippen molar-refractivity contribution < 1.29 is 12.8 Å². The summed E-state index contributed by atoms with van der Waals surface area (Å²) in [4.78, 5) is 11.6. The van der Waals surface area contributed by atoms with E-state index in [4.69, 9.17) is 16.0 Å². The van der Waals surface area contributed by atoms with Crippen LogP contribution in [0.3, 0.4) is 0 Å². The Morgan fingerprint density at radius 2 is 1.96 bits per heavy atom. The maximum absolute atomic E-state index is 13.3. The number of nitrogens with zero attached hydrogens (tertiary/aromatic N) is 2. The molecule has 2 aromatic carbocycles. The van der Waals surface area contributed by atoms with E-state index in [1.807, 2.05) is 19.1 Å². The van der Waals surface area contributed by atoms with E-state index in [1.54, 1.807) is 12.1 Å². The SMILES string of the molecule is C[C@H]1Cc2ccccc2N1S(=O)(=O)c1cc2oc(=O)n(C)c2cc1Cl. The van der Waals surface area contributed by atoms with E-state index >= 15 is 0 Å². The second kappa shape index (κ2) is 5.37. The first-order valence-corrected chi connectivity index (χ1v) is 9.54. The lowest BCUT2D eigenvalue weighted by Gasteiger charge is -2.24. The van der Waals surface area contributed by atoms with Gasteiger partial charge in [0.15, 0.2) is 5.58 Å². The molecule has 8 heteroatoms. The molecule has 1 aromatic heterocycles. The number of anilines is 1. The Labute approximate surface area is 149 Å². The summed E-state index contributed by atoms with van der Waals surface area (Å²) in [6.45, 7) is 1.85. The van der Waals surface area contributed by atoms with Gasteiger partial charge in [-0.05, 0) is 31.0 Å². The topological polar surface area (TPSA) is 72.5 Å². The van der Waals surface area contributed by atoms with Gasteiger partial charge in [0.1, 0.15) is 4.90 Å². The van der Waals surface area contributed by atoms with Crippen molar-refractivity contribution in [2.45, 2.75) is 24.3 Å². The van der Waals surface area contributed by atoms with E-state index < -0.39 is 15.8 Å². The smallest absolute Gasteiger partial charge is 0.408 e. The zero-order valence-electron chi connectivity index (χ0n) is 13.6. The highest BCUT2D eigenvalue weighted by atomic mass is 35.5. The highest BCUT2D eigenvalue weighted by Crippen LogP contribution is 2.38. The van der Waals surface area contributed by atoms with Crippen LogP contribution in [0.2, 0.25) is 5.02 Å². The van der Waals surface area contributed by atoms with Gasteiger partial charge in [-0.2, -0.15) is 0 Å². The molecule has 1 aliphatic rings. The summed E-state index contributed by atoms with van der Waals surface area (Å²) < 4.78 is 34.3. The van der Waals surface area contributed by atoms with Crippen LogP contribution in [0, 0.1) is 0 Å². The summed E-state index contributed by atoms with van der Waals surface area (Å²) in [7, 11) is -2.36. The lowest BCUT2D eigenvalue weighted by molar-refractivity contribution is 0.527. The zero-order chi connectivity index (χ0) is 17.9. The first-order chi connectivity index (χ1) is 11.8. The second-order valence-electron chi connectivity index (χ2n) is 6.16. The third kappa shape index (κ3) is 2.30. The summed E-state index contributed by atoms with van der Waals surface area (Å²) >= 11 is 6.26. The van der Waals surface area contributed by atoms with Gasteiger partial charge >= 0.3 is 5.76 Å². The molecule has 0 bridgehead atoms. The van der Waals surface area contributed by atoms with Gasteiger partial charge in [0.05, 0.1) is 16.2 Å². The maximum atomic E-state index is 13.3. The van der Waals surface area contributed by atoms with Crippen molar-refractivity contribution in [3.63, 3.8) is 0 Å². The second-order valence-corrected chi connectivity index (χ2v) is 8.35. The first-order valence-electron chi connectivity index (χ1n) is 7.72. The van der Waals surface area contributed by atoms with E-state index in [1.165, 1.54) is 28.1 Å². The van der Waals surface area contributed by atoms with Crippen molar-refractivity contribution in [1.29, 1.82) is 0 Å². The maximum Gasteiger partial charge on any atom is 0.419 e. The molecule has 0 fully saturated rings. The number of oxazole rings is 1. The molecule has 130 valence electrons. The number of halogens is 1. The van der Waals surface area contributed by atoms with Crippen LogP contribution >= 0.6 is 11.6 Å². The fourth-order valence-corrected chi connectivity index (χ4v) is 5.55. The van der Waals surface area contributed by atoms with Gasteiger partial charge in [-0.25, -0.2) is 13.2 Å². The molecule has 0 aliphatic carbocycles. The number of benzene rings is 2. The molecule has 0 saturated carbocycles. The van der Waals surface area contributed by atoms with Crippen molar-refractivity contribution >= 4 is 38.4 Å². The Morgan fingerprint density at radius 1 is 1.24 bits per heavy atom. The Balaban J connectivity index is 1.93. The van der Waals surface area contributed by atoms with Crippen LogP contribution in [0.5, 0.6) is 0 Å². The first kappa shape index (κ1) is 16.2. The quantitative estimate of drug-likeness (QED) is 0.687. The Hall–Kier alpha value is -2.25. The number of hydrogen-bond acceptors (Lipinski definition) is 4. The van der Waals surface area contributed by atoms with Crippen molar-refractivity contribution in [2.24, 2.45) is 7.05 Å². The van der Waals surface area contributed by atoms with Crippen LogP contribution in [-0.2, 0) is 23.5 Å². The predicted molar refractivity (Wildman–Crippen MR) is 95.7 cm³/mol. The molecule has 0 saturated heterocycles. The third-order valence-electron chi connectivity index (χ3n) is 4.53. The largest absolute Gasteiger partial charge is 0.419 e. The molecule has 2 heterocycles. The van der Waals surface area contributed by atoms with Crippen LogP contribution in [-0.4, -0.2) is 19.0 Å². The van der Waals surface area contributed by atoms with E-state index in [0.717, 1.165) is 5.56 Å². The highest BCUT2D eigenvalue weighted by Gasteiger charge is 2.37. The van der Waals surface area contributed by atoms with Crippen LogP contribution in [0.25, 0.3) is 11.1 Å². The van der Waals surface area contributed by atoms with Crippen LogP contribution in [0.1, 0.15) is 12.5 Å². The average molecular weight is 379 g/mol. The Kier molecular flexibility index (Phi) is 3.49. The number of fused-ring (bicyclic) bond motifs is 2. The fraction of sp³-hybridized carbons (Fsp3) is 0.235. The molecule has 0 N–H and O–H groups in total. The van der Waals surface area contributed by atoms with E-state index in [9.17, 15) is 13.2 Å². The summed E-state index contributed by atoms with van der Waals surface area (Å²) in [6.07, 6.45) is 0.635. The minimum atomic E-state index is -3.90. The minimum absolute atomic E-state index is 0.0560. The summed E-state index contributed by atoms with van der Waals surface area (Å²) in [6, 6.07) is 9.94. The number of aromatic nitrogens is 1. The molecule has 0 spiro atoms. The van der Waals surface area contributed by atoms with Crippen LogP contribution in [0.15, 0.2) is 50.5 Å². The molecule has 0 unspecified atom stereocenters. The lowest BCUT2D eigenvalue weighted by Crippen LogP contribution is -2.35. The molecule has 6 nitrogen and oxygen atoms in total. The van der Waals surface area contributed by atoms with Gasteiger partial charge in [-0.15, -0.1) is 0 Å². The third-order valence-corrected chi connectivity index (χ3v) is 6.92. The van der Waals surface area contributed by atoms with E-state index in [0.29, 0.717) is 17.6 Å². The molecular weight excluding hydrogens is 364 g/mol. The number of sulfonamides is 1. The van der Waals surface area contributed by atoms with Gasteiger partial charge in [0.25, 0.3) is 10.0 Å². The van der Waals surface area contributed by atoms with E-state index in [2.05, 4.69) is 0 Å². The normalized spacial score (nSPS) is 17.2. The standard InChI is InChI=1S/C17H15ClN2O4S/c1-10-7-11-5-3-4-6-13(11)20(10)25(22,23)16-9-15-14(8-12(16)18)19(2)17(21)24-15/h3-6,8-10H,7H2,1-2H3/t10-/m0/s1. The van der Waals surface area contributed by atoms with Gasteiger partial charge in [-0.3, -0.25) is 8.87 Å². The lowest BCUT2D eigenvalue weighted by atomic mass is 10.1. The molecule has 25 heavy (non-hydrogen) atoms. The monoisotopic (exact) mass is 378 g/mol. The van der Waals surface area contributed by atoms with Gasteiger partial charge in [0.2, 0.25) is 0 Å². The molecule has 1 aliphatic heterocycles. The van der Waals surface area contributed by atoms with E-state index in [-0.39, 0.29) is 21.5 Å². The van der Waals surface area contributed by atoms with Gasteiger partial charge in [0, 0.05) is 19.2 Å². The minimum Gasteiger partial charge on any atom is -0.408 e. The van der Waals surface area contributed by atoms with Crippen molar-refractivity contribution in [3.8, 4) is 0 Å². The molecule has 1 atom stereocenters. The predicted octanol–water partition coefficient (Wildman–Crippen LogP) is 2.92. The van der Waals surface area contributed by atoms with Crippen molar-refractivity contribution in [3.05, 3.63) is 57.5 Å². The van der Waals surface area contributed by atoms with Crippen LogP contribution < -0.4 is 10.1 Å². The molecule has 3 aromatic rings. The summed E-state index contributed by atoms with van der Waals surface area (Å²) in [5.74, 6) is -0.569. The molecule has 0 radical (unpaired) electrons. The zero-order valence-corrected chi connectivity index (χ0v) is 15.1. The van der Waals surface area contributed by atoms with Crippen molar-refractivity contribution in [2.75, 3.05) is 4.31 Å². The summed E-state index contributed by atoms with van der Waals surface area (Å²) in [5, 5.41) is 0.0560. The number of para-hydroxylation sites is 1. The number of aryl methyl sites for hydroxylation is 1. The van der Waals surface area contributed by atoms with Crippen molar-refractivity contribution in [1.82, 2.24) is 4.57 Å². The fourth-order valence-electron chi connectivity index (χ4n) is 3.34. The number of hydrogen-bond donors (Lipinski definition) is 0. The number of rotatable bonds is 2. The molecular formula is C17H15ClN2O4S. The molecule has 0 amide bonds. The summed E-state index contributed by atoms with van der Waals surface area (Å²) in [5.41, 5.74) is 2.27. The van der Waals surface area contributed by atoms with Gasteiger partial charge in [-0.1, -0.05) is 29.8 Å². The Morgan fingerprint density at radius 3 is 2.72 bits per heavy atom. The Bertz CT molecular complexity index is 1160. The van der Waals surface area contributed by atoms with Crippen LogP contribution in [0.4, 0.5) is 5.69 Å². The molecule has 4 rings (SSSR count). The van der Waals surface area contributed by atoms with Gasteiger partial charge < -0.3 is 4.42 Å². The highest BCUT2D eigenvalue weighted by molar-refractivity contribution is 7.93.